The van der Waals surface area contributed by atoms with Gasteiger partial charge in [-0.05, 0) is 80.5 Å². The molecule has 1 aliphatic heterocycles. The first-order valence-electron chi connectivity index (χ1n) is 19.4. The zero-order chi connectivity index (χ0) is 42.4. The van der Waals surface area contributed by atoms with Crippen LogP contribution in [0.1, 0.15) is 106 Å². The molecule has 0 spiro atoms. The van der Waals surface area contributed by atoms with Gasteiger partial charge >= 0.3 is 22.4 Å². The maximum atomic E-state index is 14.6. The molecule has 2 saturated carbocycles. The molecule has 0 unspecified atom stereocenters. The van der Waals surface area contributed by atoms with E-state index in [9.17, 15) is 40.8 Å². The van der Waals surface area contributed by atoms with Crippen LogP contribution in [0.2, 0.25) is 0 Å². The standard InChI is InChI=1S/C40H54F3N3O10S/c1-9-14-38(15-16-38)56-57(51,52)45-35(50)39(21-25(39)10-2)22-31(47)30-19-27(54-33-28-12-11-26(53-8)18-24(28)13-17-44-33)23-46(30)34(49)29(36(3,4)5)20-32(48)55-37(6,7)40(41,42)43/h11-13,17-18,25,27,29-30H,9-10,14-16,19-23H2,1-8H3,(H,45,50)/t25-,27-,29-,30+,39-/m1/s1. The summed E-state index contributed by atoms with van der Waals surface area (Å²) in [6.07, 6.45) is -2.32. The number of carbonyl (C=O) groups is 4. The molecule has 13 nitrogen and oxygen atoms in total. The quantitative estimate of drug-likeness (QED) is 0.171. The highest BCUT2D eigenvalue weighted by Crippen LogP contribution is 2.58. The van der Waals surface area contributed by atoms with Gasteiger partial charge < -0.3 is 19.1 Å². The highest BCUT2D eigenvalue weighted by molar-refractivity contribution is 7.85. The summed E-state index contributed by atoms with van der Waals surface area (Å²) in [6, 6.07) is 5.84. The Morgan fingerprint density at radius 2 is 1.74 bits per heavy atom. The van der Waals surface area contributed by atoms with Crippen LogP contribution >= 0.6 is 0 Å². The predicted octanol–water partition coefficient (Wildman–Crippen LogP) is 6.61. The highest BCUT2D eigenvalue weighted by Gasteiger charge is 2.62. The van der Waals surface area contributed by atoms with Crippen LogP contribution in [0.15, 0.2) is 30.5 Å². The van der Waals surface area contributed by atoms with Gasteiger partial charge in [-0.1, -0.05) is 47.5 Å². The van der Waals surface area contributed by atoms with Crippen LogP contribution in [0.5, 0.6) is 11.6 Å². The maximum Gasteiger partial charge on any atom is 0.427 e. The number of likely N-dealkylation sites (tertiary alicyclic amines) is 1. The number of pyridine rings is 1. The minimum Gasteiger partial charge on any atom is -0.497 e. The Balaban J connectivity index is 1.43. The number of hydrogen-bond acceptors (Lipinski definition) is 11. The minimum atomic E-state index is -4.87. The van der Waals surface area contributed by atoms with E-state index in [2.05, 4.69) is 9.71 Å². The summed E-state index contributed by atoms with van der Waals surface area (Å²) in [7, 11) is -2.97. The number of fused-ring (bicyclic) bond motifs is 1. The van der Waals surface area contributed by atoms with E-state index >= 15 is 0 Å². The summed E-state index contributed by atoms with van der Waals surface area (Å²) < 4.78 is 91.0. The van der Waals surface area contributed by atoms with E-state index in [1.165, 1.54) is 18.2 Å². The van der Waals surface area contributed by atoms with Crippen molar-refractivity contribution in [2.45, 2.75) is 136 Å². The molecule has 2 heterocycles. The van der Waals surface area contributed by atoms with Crippen molar-refractivity contribution >= 4 is 44.6 Å². The minimum absolute atomic E-state index is 0.0450. The third-order valence-corrected chi connectivity index (χ3v) is 12.6. The van der Waals surface area contributed by atoms with Gasteiger partial charge in [0.2, 0.25) is 23.3 Å². The van der Waals surface area contributed by atoms with E-state index < -0.39 is 93.0 Å². The van der Waals surface area contributed by atoms with Crippen molar-refractivity contribution in [2.24, 2.45) is 22.7 Å². The molecule has 5 atom stereocenters. The molecular weight excluding hydrogens is 772 g/mol. The zero-order valence-electron chi connectivity index (χ0n) is 33.8. The van der Waals surface area contributed by atoms with Crippen molar-refractivity contribution in [3.05, 3.63) is 30.5 Å². The molecule has 1 N–H and O–H groups in total. The molecule has 2 aromatic rings. The molecule has 316 valence electrons. The van der Waals surface area contributed by atoms with Crippen LogP contribution in [0.25, 0.3) is 10.8 Å². The lowest BCUT2D eigenvalue weighted by Gasteiger charge is -2.35. The van der Waals surface area contributed by atoms with Gasteiger partial charge in [0.05, 0.1) is 43.1 Å². The topological polar surface area (TPSA) is 167 Å². The number of Topliss-reactive ketones (excluding diaryl/α,β-unsaturated/α-hetero) is 1. The first kappa shape index (κ1) is 44.1. The van der Waals surface area contributed by atoms with Crippen molar-refractivity contribution in [3.63, 3.8) is 0 Å². The number of ketones is 1. The fraction of sp³-hybridized carbons (Fsp3) is 0.675. The number of rotatable bonds is 17. The number of alkyl halides is 3. The molecule has 5 rings (SSSR count). The normalized spacial score (nSPS) is 23.8. The van der Waals surface area contributed by atoms with E-state index in [1.54, 1.807) is 45.0 Å². The van der Waals surface area contributed by atoms with Gasteiger partial charge in [0.25, 0.3) is 0 Å². The first-order valence-corrected chi connectivity index (χ1v) is 20.8. The summed E-state index contributed by atoms with van der Waals surface area (Å²) in [4.78, 5) is 61.6. The van der Waals surface area contributed by atoms with Crippen LogP contribution in [0.3, 0.4) is 0 Å². The van der Waals surface area contributed by atoms with E-state index in [0.29, 0.717) is 57.1 Å². The van der Waals surface area contributed by atoms with Crippen molar-refractivity contribution in [3.8, 4) is 11.6 Å². The molecule has 3 aliphatic rings. The molecule has 1 aromatic carbocycles. The first-order chi connectivity index (χ1) is 26.4. The Morgan fingerprint density at radius 1 is 1.05 bits per heavy atom. The fourth-order valence-corrected chi connectivity index (χ4v) is 9.00. The van der Waals surface area contributed by atoms with Crippen LogP contribution in [0, 0.1) is 22.7 Å². The van der Waals surface area contributed by atoms with Crippen molar-refractivity contribution in [1.29, 1.82) is 0 Å². The third-order valence-electron chi connectivity index (χ3n) is 11.6. The van der Waals surface area contributed by atoms with Crippen LogP contribution in [0.4, 0.5) is 13.2 Å². The molecule has 0 bridgehead atoms. The van der Waals surface area contributed by atoms with Crippen molar-refractivity contribution in [1.82, 2.24) is 14.6 Å². The lowest BCUT2D eigenvalue weighted by molar-refractivity contribution is -0.257. The number of nitrogens with zero attached hydrogens (tertiary/aromatic N) is 2. The summed E-state index contributed by atoms with van der Waals surface area (Å²) in [5, 5.41) is 1.38. The molecule has 1 aromatic heterocycles. The number of hydrogen-bond donors (Lipinski definition) is 1. The maximum absolute atomic E-state index is 14.6. The average molecular weight is 826 g/mol. The predicted molar refractivity (Wildman–Crippen MR) is 202 cm³/mol. The Bertz CT molecular complexity index is 1980. The van der Waals surface area contributed by atoms with Crippen LogP contribution in [-0.2, 0) is 38.4 Å². The second kappa shape index (κ2) is 16.0. The Labute approximate surface area is 332 Å². The number of halogens is 3. The van der Waals surface area contributed by atoms with E-state index in [4.69, 9.17) is 18.4 Å². The van der Waals surface area contributed by atoms with E-state index in [-0.39, 0.29) is 31.2 Å². The lowest BCUT2D eigenvalue weighted by Crippen LogP contribution is -2.49. The monoisotopic (exact) mass is 825 g/mol. The number of esters is 1. The van der Waals surface area contributed by atoms with Gasteiger partial charge in [-0.2, -0.15) is 21.6 Å². The molecule has 1 saturated heterocycles. The number of carbonyl (C=O) groups excluding carboxylic acids is 4. The second-order valence-electron chi connectivity index (χ2n) is 17.3. The molecule has 57 heavy (non-hydrogen) atoms. The Kier molecular flexibility index (Phi) is 12.4. The van der Waals surface area contributed by atoms with Gasteiger partial charge in [-0.3, -0.25) is 19.2 Å². The largest absolute Gasteiger partial charge is 0.497 e. The van der Waals surface area contributed by atoms with Gasteiger partial charge in [0.15, 0.2) is 5.78 Å². The number of aromatic nitrogens is 1. The molecule has 3 fully saturated rings. The zero-order valence-corrected chi connectivity index (χ0v) is 34.6. The summed E-state index contributed by atoms with van der Waals surface area (Å²) in [6.45, 7) is 9.95. The Hall–Kier alpha value is -3.99. The molecule has 0 radical (unpaired) electrons. The lowest BCUT2D eigenvalue weighted by atomic mass is 9.77. The number of ether oxygens (including phenoxy) is 3. The average Bonchev–Trinajstić information content (AvgIpc) is 3.98. The highest BCUT2D eigenvalue weighted by atomic mass is 32.2. The van der Waals surface area contributed by atoms with E-state index in [0.717, 1.165) is 5.39 Å². The summed E-state index contributed by atoms with van der Waals surface area (Å²) in [5.74, 6) is -4.07. The molecule has 17 heteroatoms. The van der Waals surface area contributed by atoms with Crippen LogP contribution < -0.4 is 14.2 Å². The number of amides is 2. The number of benzene rings is 1. The van der Waals surface area contributed by atoms with Crippen molar-refractivity contribution in [2.75, 3.05) is 13.7 Å². The van der Waals surface area contributed by atoms with Gasteiger partial charge in [-0.15, -0.1) is 0 Å². The van der Waals surface area contributed by atoms with Crippen LogP contribution in [-0.4, -0.2) is 85.0 Å². The third kappa shape index (κ3) is 9.83. The molecular formula is C40H54F3N3O10S. The molecule has 2 amide bonds. The second-order valence-corrected chi connectivity index (χ2v) is 18.6. The van der Waals surface area contributed by atoms with Gasteiger partial charge in [0.1, 0.15) is 11.9 Å². The fourth-order valence-electron chi connectivity index (χ4n) is 7.81. The number of methoxy groups -OCH3 is 1. The van der Waals surface area contributed by atoms with Crippen molar-refractivity contribution < 1.29 is 59.2 Å². The Morgan fingerprint density at radius 3 is 2.30 bits per heavy atom. The van der Waals surface area contributed by atoms with E-state index in [1.807, 2.05) is 13.8 Å². The smallest absolute Gasteiger partial charge is 0.427 e. The summed E-state index contributed by atoms with van der Waals surface area (Å²) >= 11 is 0. The summed E-state index contributed by atoms with van der Waals surface area (Å²) in [5.41, 5.74) is -6.04. The SMILES string of the molecule is CCCC1(OS(=O)(=O)NC(=O)[C@@]2(CC(=O)[C@@H]3C[C@@H](Oc4nccc5cc(OC)ccc45)CN3C(=O)[C@@H](CC(=O)OC(C)(C)C(F)(F)F)C(C)(C)C)C[C@H]2CC)CC1. The molecule has 2 aliphatic carbocycles. The van der Waals surface area contributed by atoms with Gasteiger partial charge in [0, 0.05) is 24.4 Å². The van der Waals surface area contributed by atoms with Gasteiger partial charge in [-0.25, -0.2) is 13.9 Å². The number of nitrogens with one attached hydrogen (secondary N) is 1.